The van der Waals surface area contributed by atoms with Crippen molar-refractivity contribution in [2.24, 2.45) is 5.92 Å². The Morgan fingerprint density at radius 2 is 1.88 bits per heavy atom. The molecule has 0 amide bonds. The van der Waals surface area contributed by atoms with E-state index < -0.39 is 5.97 Å². The Hall–Kier alpha value is 0.0564. The van der Waals surface area contributed by atoms with Crippen LogP contribution < -0.4 is 67.1 Å². The number of carboxylic acids is 1. The fourth-order valence-corrected chi connectivity index (χ4v) is 2.28. The van der Waals surface area contributed by atoms with Gasteiger partial charge < -0.3 is 14.4 Å². The van der Waals surface area contributed by atoms with Crippen LogP contribution in [0.4, 0.5) is 0 Å². The fraction of sp³-hybridized carbons (Fsp3) is 0.500. The summed E-state index contributed by atoms with van der Waals surface area (Å²) in [7, 11) is 0. The predicted octanol–water partition coefficient (Wildman–Crippen LogP) is -3.48. The molecule has 1 aliphatic rings. The van der Waals surface area contributed by atoms with Crippen LogP contribution in [0.3, 0.4) is 0 Å². The molecule has 0 saturated heterocycles. The van der Waals surface area contributed by atoms with Crippen molar-refractivity contribution in [1.82, 2.24) is 5.16 Å². The zero-order valence-corrected chi connectivity index (χ0v) is 13.2. The molecule has 0 aromatic carbocycles. The Kier molecular flexibility index (Phi) is 5.59. The normalized spacial score (nSPS) is 24.0. The molecule has 0 spiro atoms. The Labute approximate surface area is 142 Å². The average Bonchev–Trinajstić information content (AvgIpc) is 2.60. The molecule has 0 radical (unpaired) electrons. The Balaban J connectivity index is 0.00000144. The maximum atomic E-state index is 10.7. The van der Waals surface area contributed by atoms with Crippen LogP contribution in [-0.4, -0.2) is 11.1 Å². The van der Waals surface area contributed by atoms with Gasteiger partial charge in [-0.25, -0.2) is 0 Å². The molecule has 2 rings (SSSR count). The van der Waals surface area contributed by atoms with E-state index in [-0.39, 0.29) is 63.2 Å². The van der Waals surface area contributed by atoms with Gasteiger partial charge in [-0.15, -0.1) is 0 Å². The minimum atomic E-state index is -0.939. The summed E-state index contributed by atoms with van der Waals surface area (Å²) >= 11 is 0. The van der Waals surface area contributed by atoms with E-state index >= 15 is 0 Å². The van der Waals surface area contributed by atoms with Gasteiger partial charge in [0.05, 0.1) is 5.69 Å². The summed E-state index contributed by atoms with van der Waals surface area (Å²) in [6.45, 7) is 7.54. The first-order valence-electron chi connectivity index (χ1n) is 5.44. The van der Waals surface area contributed by atoms with Gasteiger partial charge in [-0.2, -0.15) is 0 Å². The van der Waals surface area contributed by atoms with E-state index in [4.69, 9.17) is 4.52 Å². The molecule has 1 heterocycles. The molecule has 0 atom stereocenters. The molecule has 86 valence electrons. The number of nitrogens with zero attached hydrogens (tertiary/aromatic N) is 1. The standard InChI is InChI=1S/C12H15NO3.K/c1-7-8(2)16-13-11(7)9-3-5-10(6-4-9)12(14)15;/h9-10H,1-6H2,(H,14,15);/q;+1/p-1. The average molecular weight is 259 g/mol. The number of carboxylic acid groups (broad SMARTS) is 1. The van der Waals surface area contributed by atoms with Crippen LogP contribution in [0.2, 0.25) is 0 Å². The number of hydrogen-bond donors (Lipinski definition) is 0. The zero-order chi connectivity index (χ0) is 11.7. The van der Waals surface area contributed by atoms with Crippen molar-refractivity contribution in [3.05, 3.63) is 16.3 Å². The van der Waals surface area contributed by atoms with Crippen LogP contribution in [-0.2, 0) is 4.79 Å². The third kappa shape index (κ3) is 3.29. The predicted molar refractivity (Wildman–Crippen MR) is 56.5 cm³/mol. The molecule has 4 nitrogen and oxygen atoms in total. The van der Waals surface area contributed by atoms with Crippen LogP contribution in [0.15, 0.2) is 4.52 Å². The second-order valence-electron chi connectivity index (χ2n) is 4.34. The molecular weight excluding hydrogens is 245 g/mol. The van der Waals surface area contributed by atoms with Gasteiger partial charge in [-0.1, -0.05) is 18.3 Å². The van der Waals surface area contributed by atoms with Crippen LogP contribution >= 0.6 is 0 Å². The first-order valence-corrected chi connectivity index (χ1v) is 5.44. The van der Waals surface area contributed by atoms with E-state index in [9.17, 15) is 9.90 Å². The Morgan fingerprint density at radius 1 is 1.29 bits per heavy atom. The third-order valence-corrected chi connectivity index (χ3v) is 3.35. The van der Waals surface area contributed by atoms with Gasteiger partial charge in [-0.3, -0.25) is 0 Å². The molecule has 17 heavy (non-hydrogen) atoms. The molecular formula is C12H14KNO3. The largest absolute Gasteiger partial charge is 1.00 e. The van der Waals surface area contributed by atoms with Gasteiger partial charge in [0.1, 0.15) is 0 Å². The number of rotatable bonds is 2. The topological polar surface area (TPSA) is 66.2 Å². The molecule has 0 aliphatic heterocycles. The summed E-state index contributed by atoms with van der Waals surface area (Å²) < 4.78 is 4.97. The fourth-order valence-electron chi connectivity index (χ4n) is 2.28. The van der Waals surface area contributed by atoms with Crippen molar-refractivity contribution in [2.75, 3.05) is 0 Å². The van der Waals surface area contributed by atoms with Gasteiger partial charge in [0.25, 0.3) is 0 Å². The summed E-state index contributed by atoms with van der Waals surface area (Å²) in [5.41, 5.74) is 1.33. The quantitative estimate of drug-likeness (QED) is 0.518. The second kappa shape index (κ2) is 6.29. The second-order valence-corrected chi connectivity index (χ2v) is 4.34. The van der Waals surface area contributed by atoms with E-state index in [2.05, 4.69) is 18.3 Å². The van der Waals surface area contributed by atoms with E-state index in [1.807, 2.05) is 0 Å². The van der Waals surface area contributed by atoms with E-state index in [1.54, 1.807) is 0 Å². The van der Waals surface area contributed by atoms with Gasteiger partial charge in [0.15, 0.2) is 5.42 Å². The van der Waals surface area contributed by atoms with Gasteiger partial charge in [0.2, 0.25) is 0 Å². The number of carbonyl (C=O) groups excluding carboxylic acids is 1. The van der Waals surface area contributed by atoms with Crippen molar-refractivity contribution in [3.8, 4) is 0 Å². The van der Waals surface area contributed by atoms with Crippen molar-refractivity contribution < 1.29 is 65.8 Å². The zero-order valence-electron chi connectivity index (χ0n) is 10.1. The van der Waals surface area contributed by atoms with Crippen molar-refractivity contribution in [2.45, 2.75) is 31.6 Å². The minimum absolute atomic E-state index is 0. The monoisotopic (exact) mass is 259 g/mol. The maximum Gasteiger partial charge on any atom is 1.00 e. The first-order chi connectivity index (χ1) is 7.59. The first kappa shape index (κ1) is 15.1. The van der Waals surface area contributed by atoms with Gasteiger partial charge >= 0.3 is 51.4 Å². The molecule has 0 bridgehead atoms. The van der Waals surface area contributed by atoms with E-state index in [0.717, 1.165) is 23.8 Å². The van der Waals surface area contributed by atoms with Crippen molar-refractivity contribution >= 4 is 19.1 Å². The SMILES string of the molecule is C=c1onc(C2CCC(C(=O)[O-])CC2)c1=C.[K+]. The minimum Gasteiger partial charge on any atom is -0.550 e. The van der Waals surface area contributed by atoms with Crippen LogP contribution in [0.25, 0.3) is 13.2 Å². The third-order valence-electron chi connectivity index (χ3n) is 3.35. The molecule has 1 saturated carbocycles. The molecule has 0 N–H and O–H groups in total. The van der Waals surface area contributed by atoms with Crippen LogP contribution in [0.5, 0.6) is 0 Å². The van der Waals surface area contributed by atoms with Crippen molar-refractivity contribution in [3.63, 3.8) is 0 Å². The van der Waals surface area contributed by atoms with Crippen molar-refractivity contribution in [1.29, 1.82) is 0 Å². The number of aromatic nitrogens is 1. The smallest absolute Gasteiger partial charge is 0.550 e. The molecule has 1 aliphatic carbocycles. The summed E-state index contributed by atoms with van der Waals surface area (Å²) in [6, 6.07) is 0. The molecule has 1 aromatic rings. The number of carbonyl (C=O) groups is 1. The summed E-state index contributed by atoms with van der Waals surface area (Å²) in [5, 5.41) is 15.4. The number of aliphatic carboxylic acids is 1. The Morgan fingerprint density at radius 3 is 2.29 bits per heavy atom. The van der Waals surface area contributed by atoms with Gasteiger partial charge in [0, 0.05) is 17.1 Å². The molecule has 1 aromatic heterocycles. The van der Waals surface area contributed by atoms with Crippen LogP contribution in [0, 0.1) is 5.92 Å². The van der Waals surface area contributed by atoms with Crippen LogP contribution in [0.1, 0.15) is 37.3 Å². The molecule has 5 heteroatoms. The molecule has 0 unspecified atom stereocenters. The summed E-state index contributed by atoms with van der Waals surface area (Å²) in [6.07, 6.45) is 2.89. The van der Waals surface area contributed by atoms with E-state index in [0.29, 0.717) is 18.3 Å². The number of hydrogen-bond acceptors (Lipinski definition) is 4. The van der Waals surface area contributed by atoms with Gasteiger partial charge in [-0.05, 0) is 31.6 Å². The Bertz CT molecular complexity index is 488. The summed E-state index contributed by atoms with van der Waals surface area (Å²) in [4.78, 5) is 10.7. The van der Waals surface area contributed by atoms with E-state index in [1.165, 1.54) is 0 Å². The molecule has 1 fully saturated rings. The summed E-state index contributed by atoms with van der Waals surface area (Å²) in [5.74, 6) is -0.996. The maximum absolute atomic E-state index is 10.7.